The number of nitrogens with one attached hydrogen (secondary N) is 1. The highest BCUT2D eigenvalue weighted by Crippen LogP contribution is 2.30. The molecule has 1 aromatic heterocycles. The van der Waals surface area contributed by atoms with E-state index in [4.69, 9.17) is 4.74 Å². The van der Waals surface area contributed by atoms with E-state index < -0.39 is 12.0 Å². The van der Waals surface area contributed by atoms with E-state index in [2.05, 4.69) is 27.5 Å². The number of tetrazole rings is 1. The molecule has 8 heteroatoms. The third-order valence-corrected chi connectivity index (χ3v) is 5.83. The van der Waals surface area contributed by atoms with E-state index in [0.717, 1.165) is 41.5 Å². The molecule has 1 heterocycles. The lowest BCUT2D eigenvalue weighted by Gasteiger charge is -2.37. The van der Waals surface area contributed by atoms with Gasteiger partial charge >= 0.3 is 5.97 Å². The van der Waals surface area contributed by atoms with E-state index in [1.165, 1.54) is 0 Å². The molecule has 0 aliphatic heterocycles. The minimum absolute atomic E-state index is 0.0529. The van der Waals surface area contributed by atoms with Crippen molar-refractivity contribution in [1.82, 2.24) is 25.5 Å². The quantitative estimate of drug-likeness (QED) is 0.388. The lowest BCUT2D eigenvalue weighted by atomic mass is 9.97. The maximum Gasteiger partial charge on any atom is 0.321 e. The summed E-state index contributed by atoms with van der Waals surface area (Å²) in [6.07, 6.45) is 2.54. The number of hydrogen-bond acceptors (Lipinski definition) is 6. The Bertz CT molecular complexity index is 1010. The maximum absolute atomic E-state index is 12.1. The van der Waals surface area contributed by atoms with Crippen LogP contribution >= 0.6 is 0 Å². The summed E-state index contributed by atoms with van der Waals surface area (Å²) in [5.74, 6) is -0.335. The predicted molar refractivity (Wildman–Crippen MR) is 127 cm³/mol. The van der Waals surface area contributed by atoms with Gasteiger partial charge in [0.15, 0.2) is 0 Å². The molecule has 3 aromatic rings. The molecule has 2 N–H and O–H groups in total. The van der Waals surface area contributed by atoms with Gasteiger partial charge < -0.3 is 9.84 Å². The maximum atomic E-state index is 12.1. The zero-order chi connectivity index (χ0) is 23.8. The SMILES string of the molecule is CCCCC(OC)N(Cc1ccc(-c2ccccc2-c2nn[nH]n2)cc1)[C@H](C(=O)O)C(C)C. The number of benzene rings is 2. The summed E-state index contributed by atoms with van der Waals surface area (Å²) in [6.45, 7) is 6.50. The molecule has 0 saturated heterocycles. The van der Waals surface area contributed by atoms with Crippen molar-refractivity contribution < 1.29 is 14.6 Å². The van der Waals surface area contributed by atoms with E-state index in [1.54, 1.807) is 7.11 Å². The van der Waals surface area contributed by atoms with E-state index in [9.17, 15) is 9.90 Å². The predicted octanol–water partition coefficient (Wildman–Crippen LogP) is 4.61. The van der Waals surface area contributed by atoms with Crippen molar-refractivity contribution >= 4 is 5.97 Å². The van der Waals surface area contributed by atoms with Gasteiger partial charge in [0, 0.05) is 19.2 Å². The molecular formula is C25H33N5O3. The number of aliphatic carboxylic acids is 1. The number of methoxy groups -OCH3 is 1. The fourth-order valence-corrected chi connectivity index (χ4v) is 4.19. The van der Waals surface area contributed by atoms with Gasteiger partial charge in [-0.1, -0.05) is 75.7 Å². The van der Waals surface area contributed by atoms with Crippen LogP contribution in [0.3, 0.4) is 0 Å². The first-order valence-corrected chi connectivity index (χ1v) is 11.4. The summed E-state index contributed by atoms with van der Waals surface area (Å²) in [5.41, 5.74) is 3.95. The van der Waals surface area contributed by atoms with Crippen LogP contribution in [-0.2, 0) is 16.1 Å². The van der Waals surface area contributed by atoms with Gasteiger partial charge in [-0.25, -0.2) is 0 Å². The van der Waals surface area contributed by atoms with E-state index in [1.807, 2.05) is 67.3 Å². The van der Waals surface area contributed by atoms with Gasteiger partial charge in [-0.05, 0) is 40.7 Å². The number of carbonyl (C=O) groups is 1. The van der Waals surface area contributed by atoms with Crippen LogP contribution in [0.15, 0.2) is 48.5 Å². The van der Waals surface area contributed by atoms with Crippen molar-refractivity contribution in [1.29, 1.82) is 0 Å². The number of aromatic nitrogens is 4. The number of H-pyrrole nitrogens is 1. The molecule has 0 spiro atoms. The van der Waals surface area contributed by atoms with E-state index in [-0.39, 0.29) is 12.1 Å². The molecule has 0 aliphatic rings. The molecule has 0 aliphatic carbocycles. The average Bonchev–Trinajstić information content (AvgIpc) is 3.34. The van der Waals surface area contributed by atoms with E-state index >= 15 is 0 Å². The fourth-order valence-electron chi connectivity index (χ4n) is 4.19. The molecule has 2 atom stereocenters. The number of aromatic amines is 1. The topological polar surface area (TPSA) is 104 Å². The van der Waals surface area contributed by atoms with Crippen LogP contribution in [0.25, 0.3) is 22.5 Å². The Morgan fingerprint density at radius 3 is 2.36 bits per heavy atom. The molecule has 33 heavy (non-hydrogen) atoms. The molecular weight excluding hydrogens is 418 g/mol. The third-order valence-electron chi connectivity index (χ3n) is 5.83. The van der Waals surface area contributed by atoms with Gasteiger partial charge in [0.1, 0.15) is 12.3 Å². The Hall–Kier alpha value is -3.10. The van der Waals surface area contributed by atoms with Gasteiger partial charge in [-0.15, -0.1) is 10.2 Å². The molecule has 176 valence electrons. The van der Waals surface area contributed by atoms with Gasteiger partial charge in [0.2, 0.25) is 5.82 Å². The first-order valence-electron chi connectivity index (χ1n) is 11.4. The second-order valence-electron chi connectivity index (χ2n) is 8.51. The monoisotopic (exact) mass is 451 g/mol. The zero-order valence-corrected chi connectivity index (χ0v) is 19.7. The number of ether oxygens (including phenoxy) is 1. The molecule has 0 bridgehead atoms. The van der Waals surface area contributed by atoms with Crippen molar-refractivity contribution in [3.8, 4) is 22.5 Å². The number of carboxylic acids is 1. The van der Waals surface area contributed by atoms with Crippen LogP contribution < -0.4 is 0 Å². The van der Waals surface area contributed by atoms with Gasteiger partial charge in [-0.2, -0.15) is 5.21 Å². The summed E-state index contributed by atoms with van der Waals surface area (Å²) >= 11 is 0. The Morgan fingerprint density at radius 2 is 1.82 bits per heavy atom. The number of unbranched alkanes of at least 4 members (excludes halogenated alkanes) is 1. The molecule has 0 radical (unpaired) electrons. The van der Waals surface area contributed by atoms with Crippen molar-refractivity contribution in [2.75, 3.05) is 7.11 Å². The zero-order valence-electron chi connectivity index (χ0n) is 19.7. The summed E-state index contributed by atoms with van der Waals surface area (Å²) in [7, 11) is 1.66. The average molecular weight is 452 g/mol. The summed E-state index contributed by atoms with van der Waals surface area (Å²) in [4.78, 5) is 14.1. The molecule has 0 amide bonds. The fraction of sp³-hybridized carbons (Fsp3) is 0.440. The second-order valence-corrected chi connectivity index (χ2v) is 8.51. The van der Waals surface area contributed by atoms with Crippen LogP contribution in [0.5, 0.6) is 0 Å². The Morgan fingerprint density at radius 1 is 1.12 bits per heavy atom. The third kappa shape index (κ3) is 6.03. The van der Waals surface area contributed by atoms with Crippen LogP contribution in [0, 0.1) is 5.92 Å². The highest BCUT2D eigenvalue weighted by Gasteiger charge is 2.33. The Balaban J connectivity index is 1.89. The molecule has 0 saturated carbocycles. The largest absolute Gasteiger partial charge is 0.480 e. The normalized spacial score (nSPS) is 13.4. The van der Waals surface area contributed by atoms with Crippen LogP contribution in [0.4, 0.5) is 0 Å². The number of hydrogen-bond donors (Lipinski definition) is 2. The first kappa shape index (κ1) is 24.5. The number of rotatable bonds is 12. The van der Waals surface area contributed by atoms with Crippen molar-refractivity contribution in [2.24, 2.45) is 5.92 Å². The smallest absolute Gasteiger partial charge is 0.321 e. The molecule has 2 aromatic carbocycles. The lowest BCUT2D eigenvalue weighted by molar-refractivity contribution is -0.154. The Labute approximate surface area is 195 Å². The minimum atomic E-state index is -0.825. The molecule has 0 fully saturated rings. The number of carboxylic acid groups (broad SMARTS) is 1. The summed E-state index contributed by atoms with van der Waals surface area (Å²) in [6, 6.07) is 15.5. The minimum Gasteiger partial charge on any atom is -0.480 e. The van der Waals surface area contributed by atoms with Crippen molar-refractivity contribution in [3.05, 3.63) is 54.1 Å². The first-order chi connectivity index (χ1) is 16.0. The van der Waals surface area contributed by atoms with Gasteiger partial charge in [-0.3, -0.25) is 9.69 Å². The lowest BCUT2D eigenvalue weighted by Crippen LogP contribution is -2.50. The van der Waals surface area contributed by atoms with Crippen LogP contribution in [0.1, 0.15) is 45.6 Å². The highest BCUT2D eigenvalue weighted by molar-refractivity contribution is 5.80. The van der Waals surface area contributed by atoms with Crippen molar-refractivity contribution in [3.63, 3.8) is 0 Å². The number of nitrogens with zero attached hydrogens (tertiary/aromatic N) is 4. The van der Waals surface area contributed by atoms with Gasteiger partial charge in [0.25, 0.3) is 0 Å². The molecule has 1 unspecified atom stereocenters. The standard InChI is InChI=1S/C25H33N5O3/c1-5-6-11-22(33-4)30(23(17(2)3)25(31)32)16-18-12-14-19(15-13-18)20-9-7-8-10-21(20)24-26-28-29-27-24/h7-10,12-15,17,22-23H,5-6,11,16H2,1-4H3,(H,31,32)(H,26,27,28,29)/t22?,23-/m0/s1. The molecule has 8 nitrogen and oxygen atoms in total. The highest BCUT2D eigenvalue weighted by atomic mass is 16.5. The van der Waals surface area contributed by atoms with Crippen LogP contribution in [-0.4, -0.2) is 56.0 Å². The summed E-state index contributed by atoms with van der Waals surface area (Å²) < 4.78 is 5.76. The van der Waals surface area contributed by atoms with E-state index in [0.29, 0.717) is 12.4 Å². The Kier molecular flexibility index (Phi) is 8.68. The summed E-state index contributed by atoms with van der Waals surface area (Å²) in [5, 5.41) is 24.4. The van der Waals surface area contributed by atoms with Crippen LogP contribution in [0.2, 0.25) is 0 Å². The van der Waals surface area contributed by atoms with Gasteiger partial charge in [0.05, 0.1) is 0 Å². The van der Waals surface area contributed by atoms with Crippen molar-refractivity contribution in [2.45, 2.75) is 58.8 Å². The second kappa shape index (κ2) is 11.7. The molecule has 3 rings (SSSR count).